The second-order valence-corrected chi connectivity index (χ2v) is 6.36. The summed E-state index contributed by atoms with van der Waals surface area (Å²) in [5.41, 5.74) is 0.579. The molecule has 2 amide bonds. The van der Waals surface area contributed by atoms with E-state index in [9.17, 15) is 9.59 Å². The fourth-order valence-corrected chi connectivity index (χ4v) is 2.86. The van der Waals surface area contributed by atoms with Crippen molar-refractivity contribution in [1.29, 1.82) is 0 Å². The van der Waals surface area contributed by atoms with E-state index in [2.05, 4.69) is 5.32 Å². The van der Waals surface area contributed by atoms with E-state index < -0.39 is 0 Å². The van der Waals surface area contributed by atoms with Crippen LogP contribution in [0.1, 0.15) is 23.2 Å². The van der Waals surface area contributed by atoms with Crippen molar-refractivity contribution in [3.63, 3.8) is 0 Å². The summed E-state index contributed by atoms with van der Waals surface area (Å²) in [6.45, 7) is 1.11. The molecule has 130 valence electrons. The summed E-state index contributed by atoms with van der Waals surface area (Å²) >= 11 is 5.83. The highest BCUT2D eigenvalue weighted by molar-refractivity contribution is 6.30. The smallest absolute Gasteiger partial charge is 0.410 e. The van der Waals surface area contributed by atoms with Gasteiger partial charge in [-0.25, -0.2) is 4.79 Å². The average Bonchev–Trinajstić information content (AvgIpc) is 2.63. The SMILES string of the molecule is O=C(NC1CCN(C(=O)Oc2ccccc2)CC1)c1ccc(Cl)cc1. The first-order valence-electron chi connectivity index (χ1n) is 8.20. The van der Waals surface area contributed by atoms with Gasteiger partial charge in [0.2, 0.25) is 0 Å². The van der Waals surface area contributed by atoms with Crippen LogP contribution in [0.3, 0.4) is 0 Å². The van der Waals surface area contributed by atoms with Crippen LogP contribution in [0.5, 0.6) is 5.75 Å². The van der Waals surface area contributed by atoms with Gasteiger partial charge in [0.05, 0.1) is 0 Å². The number of hydrogen-bond acceptors (Lipinski definition) is 3. The Balaban J connectivity index is 1.47. The molecule has 2 aromatic rings. The van der Waals surface area contributed by atoms with Crippen LogP contribution in [0.4, 0.5) is 4.79 Å². The topological polar surface area (TPSA) is 58.6 Å². The zero-order valence-electron chi connectivity index (χ0n) is 13.7. The van der Waals surface area contributed by atoms with Crippen LogP contribution in [0.15, 0.2) is 54.6 Å². The van der Waals surface area contributed by atoms with Gasteiger partial charge in [-0.3, -0.25) is 4.79 Å². The maximum Gasteiger partial charge on any atom is 0.415 e. The van der Waals surface area contributed by atoms with Gasteiger partial charge >= 0.3 is 6.09 Å². The Morgan fingerprint density at radius 1 is 1.00 bits per heavy atom. The van der Waals surface area contributed by atoms with Crippen molar-refractivity contribution in [3.05, 3.63) is 65.2 Å². The summed E-state index contributed by atoms with van der Waals surface area (Å²) in [5, 5.41) is 3.60. The molecule has 1 heterocycles. The number of likely N-dealkylation sites (tertiary alicyclic amines) is 1. The van der Waals surface area contributed by atoms with Gasteiger partial charge in [0, 0.05) is 29.7 Å². The normalized spacial score (nSPS) is 14.8. The minimum Gasteiger partial charge on any atom is -0.410 e. The van der Waals surface area contributed by atoms with Crippen molar-refractivity contribution in [2.24, 2.45) is 0 Å². The Labute approximate surface area is 151 Å². The maximum absolute atomic E-state index is 12.2. The van der Waals surface area contributed by atoms with Crippen molar-refractivity contribution < 1.29 is 14.3 Å². The predicted octanol–water partition coefficient (Wildman–Crippen LogP) is 3.73. The lowest BCUT2D eigenvalue weighted by atomic mass is 10.0. The first kappa shape index (κ1) is 17.3. The number of piperidine rings is 1. The van der Waals surface area contributed by atoms with Gasteiger partial charge in [-0.1, -0.05) is 29.8 Å². The molecule has 0 saturated carbocycles. The minimum absolute atomic E-state index is 0.0453. The number of nitrogens with one attached hydrogen (secondary N) is 1. The summed E-state index contributed by atoms with van der Waals surface area (Å²) < 4.78 is 5.34. The molecule has 0 unspecified atom stereocenters. The molecule has 0 spiro atoms. The monoisotopic (exact) mass is 358 g/mol. The number of amides is 2. The zero-order valence-corrected chi connectivity index (χ0v) is 14.4. The van der Waals surface area contributed by atoms with Crippen molar-refractivity contribution in [3.8, 4) is 5.75 Å². The molecule has 0 bridgehead atoms. The van der Waals surface area contributed by atoms with Gasteiger partial charge < -0.3 is 15.0 Å². The Hall–Kier alpha value is -2.53. The Kier molecular flexibility index (Phi) is 5.56. The van der Waals surface area contributed by atoms with E-state index in [1.807, 2.05) is 18.2 Å². The fourth-order valence-electron chi connectivity index (χ4n) is 2.73. The number of carbonyl (C=O) groups excluding carboxylic acids is 2. The molecule has 0 radical (unpaired) electrons. The van der Waals surface area contributed by atoms with Gasteiger partial charge in [0.15, 0.2) is 0 Å². The van der Waals surface area contributed by atoms with Crippen molar-refractivity contribution in [1.82, 2.24) is 10.2 Å². The molecule has 2 aromatic carbocycles. The van der Waals surface area contributed by atoms with Crippen molar-refractivity contribution in [2.75, 3.05) is 13.1 Å². The molecule has 1 saturated heterocycles. The quantitative estimate of drug-likeness (QED) is 0.909. The number of ether oxygens (including phenoxy) is 1. The fraction of sp³-hybridized carbons (Fsp3) is 0.263. The molecular weight excluding hydrogens is 340 g/mol. The largest absolute Gasteiger partial charge is 0.415 e. The summed E-state index contributed by atoms with van der Waals surface area (Å²) in [7, 11) is 0. The van der Waals surface area contributed by atoms with E-state index >= 15 is 0 Å². The molecular formula is C19H19ClN2O3. The first-order valence-corrected chi connectivity index (χ1v) is 8.58. The van der Waals surface area contributed by atoms with Crippen LogP contribution in [-0.4, -0.2) is 36.0 Å². The van der Waals surface area contributed by atoms with Crippen molar-refractivity contribution in [2.45, 2.75) is 18.9 Å². The highest BCUT2D eigenvalue weighted by atomic mass is 35.5. The minimum atomic E-state index is -0.353. The van der Waals surface area contributed by atoms with E-state index in [1.54, 1.807) is 41.3 Å². The molecule has 3 rings (SSSR count). The molecule has 0 aliphatic carbocycles. The van der Waals surface area contributed by atoms with Crippen LogP contribution in [0, 0.1) is 0 Å². The third-order valence-corrected chi connectivity index (χ3v) is 4.40. The zero-order chi connectivity index (χ0) is 17.6. The third-order valence-electron chi connectivity index (χ3n) is 4.14. The number of halogens is 1. The number of carbonyl (C=O) groups is 2. The third kappa shape index (κ3) is 4.73. The van der Waals surface area contributed by atoms with Crippen LogP contribution < -0.4 is 10.1 Å². The molecule has 0 atom stereocenters. The Morgan fingerprint density at radius 3 is 2.28 bits per heavy atom. The van der Waals surface area contributed by atoms with E-state index in [1.165, 1.54) is 0 Å². The summed E-state index contributed by atoms with van der Waals surface area (Å²) in [5.74, 6) is 0.410. The molecule has 25 heavy (non-hydrogen) atoms. The van der Waals surface area contributed by atoms with Gasteiger partial charge in [0.1, 0.15) is 5.75 Å². The Bertz CT molecular complexity index is 726. The van der Waals surface area contributed by atoms with E-state index in [4.69, 9.17) is 16.3 Å². The van der Waals surface area contributed by atoms with Crippen LogP contribution >= 0.6 is 11.6 Å². The van der Waals surface area contributed by atoms with Crippen LogP contribution in [0.25, 0.3) is 0 Å². The molecule has 1 aliphatic rings. The number of rotatable bonds is 3. The van der Waals surface area contributed by atoms with Gasteiger partial charge in [0.25, 0.3) is 5.91 Å². The highest BCUT2D eigenvalue weighted by Crippen LogP contribution is 2.16. The van der Waals surface area contributed by atoms with E-state index in [-0.39, 0.29) is 18.0 Å². The molecule has 6 heteroatoms. The highest BCUT2D eigenvalue weighted by Gasteiger charge is 2.25. The molecule has 0 aromatic heterocycles. The number of hydrogen-bond donors (Lipinski definition) is 1. The maximum atomic E-state index is 12.2. The van der Waals surface area contributed by atoms with E-state index in [0.29, 0.717) is 42.3 Å². The number of benzene rings is 2. The number of para-hydroxylation sites is 1. The Morgan fingerprint density at radius 2 is 1.64 bits per heavy atom. The number of nitrogens with zero attached hydrogens (tertiary/aromatic N) is 1. The average molecular weight is 359 g/mol. The summed E-state index contributed by atoms with van der Waals surface area (Å²) in [6, 6.07) is 15.8. The summed E-state index contributed by atoms with van der Waals surface area (Å²) in [6.07, 6.45) is 1.04. The molecule has 1 aliphatic heterocycles. The van der Waals surface area contributed by atoms with Gasteiger partial charge in [-0.15, -0.1) is 0 Å². The lowest BCUT2D eigenvalue weighted by molar-refractivity contribution is 0.0910. The standard InChI is InChI=1S/C19H19ClN2O3/c20-15-8-6-14(7-9-15)18(23)21-16-10-12-22(13-11-16)19(24)25-17-4-2-1-3-5-17/h1-9,16H,10-13H2,(H,21,23). The second-order valence-electron chi connectivity index (χ2n) is 5.92. The van der Waals surface area contributed by atoms with Gasteiger partial charge in [-0.05, 0) is 49.2 Å². The van der Waals surface area contributed by atoms with Crippen molar-refractivity contribution >= 4 is 23.6 Å². The van der Waals surface area contributed by atoms with Gasteiger partial charge in [-0.2, -0.15) is 0 Å². The second kappa shape index (κ2) is 8.03. The molecule has 1 fully saturated rings. The van der Waals surface area contributed by atoms with E-state index in [0.717, 1.165) is 0 Å². The predicted molar refractivity (Wildman–Crippen MR) is 96.0 cm³/mol. The molecule has 1 N–H and O–H groups in total. The van der Waals surface area contributed by atoms with Crippen LogP contribution in [0.2, 0.25) is 5.02 Å². The lowest BCUT2D eigenvalue weighted by Crippen LogP contribution is -2.47. The van der Waals surface area contributed by atoms with Crippen LogP contribution in [-0.2, 0) is 0 Å². The first-order chi connectivity index (χ1) is 12.1. The molecule has 5 nitrogen and oxygen atoms in total. The lowest BCUT2D eigenvalue weighted by Gasteiger charge is -2.31. The summed E-state index contributed by atoms with van der Waals surface area (Å²) in [4.78, 5) is 26.0.